The highest BCUT2D eigenvalue weighted by Gasteiger charge is 2.23. The van der Waals surface area contributed by atoms with E-state index in [1.165, 1.54) is 12.4 Å². The van der Waals surface area contributed by atoms with Gasteiger partial charge >= 0.3 is 6.98 Å². The molecule has 0 saturated heterocycles. The van der Waals surface area contributed by atoms with Crippen LogP contribution in [0.25, 0.3) is 0 Å². The molecular weight excluding hydrogens is 180 g/mol. The van der Waals surface area contributed by atoms with Gasteiger partial charge in [0.05, 0.1) is 0 Å². The fraction of sp³-hybridized carbons (Fsp3) is 0.429. The smallest absolute Gasteiger partial charge is 0.449 e. The number of nitrogens with zero attached hydrogens (tertiary/aromatic N) is 2. The Morgan fingerprint density at radius 1 is 1.23 bits per heavy atom. The van der Waals surface area contributed by atoms with Crippen LogP contribution in [-0.2, 0) is 12.7 Å². The molecule has 0 saturated carbocycles. The van der Waals surface area contributed by atoms with Crippen molar-refractivity contribution in [2.45, 2.75) is 19.7 Å². The van der Waals surface area contributed by atoms with Crippen molar-refractivity contribution >= 4 is 6.98 Å². The van der Waals surface area contributed by atoms with E-state index in [0.29, 0.717) is 12.2 Å². The van der Waals surface area contributed by atoms with Crippen molar-refractivity contribution in [3.63, 3.8) is 0 Å². The summed E-state index contributed by atoms with van der Waals surface area (Å²) in [4.78, 5) is 7.56. The zero-order valence-electron chi connectivity index (χ0n) is 7.17. The van der Waals surface area contributed by atoms with Gasteiger partial charge in [0.2, 0.25) is 0 Å². The molecule has 0 spiro atoms. The van der Waals surface area contributed by atoms with Crippen molar-refractivity contribution in [3.8, 4) is 0 Å². The summed E-state index contributed by atoms with van der Waals surface area (Å²) in [6.45, 7) is -2.93. The standard InChI is InChI=1S/C7H9BF3N2/c1-2-7-12-4-6(5-13-7)3-8(9,10)11/h4-5H,2-3H2,1H3/q-1. The molecule has 6 heteroatoms. The molecule has 0 unspecified atom stereocenters. The lowest BCUT2D eigenvalue weighted by Crippen LogP contribution is -2.19. The molecule has 1 aromatic heterocycles. The van der Waals surface area contributed by atoms with Crippen LogP contribution in [0.1, 0.15) is 18.3 Å². The fourth-order valence-corrected chi connectivity index (χ4v) is 0.937. The zero-order valence-corrected chi connectivity index (χ0v) is 7.17. The maximum atomic E-state index is 11.9. The van der Waals surface area contributed by atoms with E-state index >= 15 is 0 Å². The molecule has 0 amide bonds. The van der Waals surface area contributed by atoms with Crippen LogP contribution in [0, 0.1) is 0 Å². The highest BCUT2D eigenvalue weighted by Crippen LogP contribution is 2.14. The first-order valence-electron chi connectivity index (χ1n) is 4.02. The summed E-state index contributed by atoms with van der Waals surface area (Å²) in [5.74, 6) is 0.568. The second kappa shape index (κ2) is 3.76. The second-order valence-corrected chi connectivity index (χ2v) is 2.78. The van der Waals surface area contributed by atoms with Gasteiger partial charge in [0.25, 0.3) is 0 Å². The minimum atomic E-state index is -4.78. The molecule has 1 aromatic rings. The maximum Gasteiger partial charge on any atom is 0.482 e. The first-order valence-corrected chi connectivity index (χ1v) is 4.02. The van der Waals surface area contributed by atoms with Gasteiger partial charge in [-0.2, -0.15) is 0 Å². The van der Waals surface area contributed by atoms with E-state index in [1.54, 1.807) is 0 Å². The van der Waals surface area contributed by atoms with Crippen LogP contribution >= 0.6 is 0 Å². The number of halogens is 3. The maximum absolute atomic E-state index is 11.9. The molecule has 0 atom stereocenters. The van der Waals surface area contributed by atoms with Crippen LogP contribution in [0.2, 0.25) is 0 Å². The number of hydrogen-bond donors (Lipinski definition) is 0. The number of aryl methyl sites for hydroxylation is 1. The minimum Gasteiger partial charge on any atom is -0.449 e. The summed E-state index contributed by atoms with van der Waals surface area (Å²) in [5.41, 5.74) is 0.129. The summed E-state index contributed by atoms with van der Waals surface area (Å²) in [6, 6.07) is 0. The topological polar surface area (TPSA) is 25.8 Å². The minimum absolute atomic E-state index is 0.129. The summed E-state index contributed by atoms with van der Waals surface area (Å²) in [7, 11) is 0. The summed E-state index contributed by atoms with van der Waals surface area (Å²) in [6.07, 6.45) is 2.21. The third kappa shape index (κ3) is 3.44. The highest BCUT2D eigenvalue weighted by atomic mass is 19.4. The molecular formula is C7H9BF3N2-. The lowest BCUT2D eigenvalue weighted by Gasteiger charge is -2.12. The Kier molecular flexibility index (Phi) is 2.90. The Hall–Kier alpha value is -1.07. The molecule has 13 heavy (non-hydrogen) atoms. The molecule has 0 aliphatic rings. The Labute approximate surface area is 74.3 Å². The first kappa shape index (κ1) is 10.0. The largest absolute Gasteiger partial charge is 0.482 e. The molecule has 0 bridgehead atoms. The van der Waals surface area contributed by atoms with Crippen LogP contribution in [0.4, 0.5) is 12.9 Å². The van der Waals surface area contributed by atoms with E-state index in [2.05, 4.69) is 9.97 Å². The Balaban J connectivity index is 2.70. The van der Waals surface area contributed by atoms with Crippen LogP contribution < -0.4 is 0 Å². The van der Waals surface area contributed by atoms with Gasteiger partial charge in [-0.1, -0.05) is 13.2 Å². The van der Waals surface area contributed by atoms with E-state index in [-0.39, 0.29) is 5.56 Å². The quantitative estimate of drug-likeness (QED) is 0.679. The van der Waals surface area contributed by atoms with E-state index in [0.717, 1.165) is 0 Å². The van der Waals surface area contributed by atoms with Crippen LogP contribution in [-0.4, -0.2) is 16.9 Å². The highest BCUT2D eigenvalue weighted by molar-refractivity contribution is 6.57. The van der Waals surface area contributed by atoms with Crippen molar-refractivity contribution in [2.75, 3.05) is 0 Å². The predicted octanol–water partition coefficient (Wildman–Crippen LogP) is 1.97. The van der Waals surface area contributed by atoms with E-state index < -0.39 is 13.3 Å². The third-order valence-electron chi connectivity index (χ3n) is 1.54. The molecule has 0 aliphatic carbocycles. The summed E-state index contributed by atoms with van der Waals surface area (Å²) >= 11 is 0. The second-order valence-electron chi connectivity index (χ2n) is 2.78. The van der Waals surface area contributed by atoms with Gasteiger partial charge < -0.3 is 12.9 Å². The molecule has 1 heterocycles. The van der Waals surface area contributed by atoms with Crippen LogP contribution in [0.5, 0.6) is 0 Å². The molecule has 0 aliphatic heterocycles. The van der Waals surface area contributed by atoms with Gasteiger partial charge in [0.1, 0.15) is 5.82 Å². The van der Waals surface area contributed by atoms with Gasteiger partial charge in [-0.3, -0.25) is 0 Å². The number of rotatable bonds is 3. The van der Waals surface area contributed by atoms with Gasteiger partial charge in [-0.05, 0) is 5.56 Å². The van der Waals surface area contributed by atoms with Crippen molar-refractivity contribution in [1.82, 2.24) is 9.97 Å². The molecule has 0 aromatic carbocycles. The molecule has 0 fully saturated rings. The Morgan fingerprint density at radius 3 is 2.15 bits per heavy atom. The number of hydrogen-bond acceptors (Lipinski definition) is 2. The Bertz CT molecular complexity index is 270. The molecule has 72 valence electrons. The third-order valence-corrected chi connectivity index (χ3v) is 1.54. The lowest BCUT2D eigenvalue weighted by molar-refractivity contribution is 0.468. The summed E-state index contributed by atoms with van der Waals surface area (Å²) < 4.78 is 35.8. The van der Waals surface area contributed by atoms with E-state index in [4.69, 9.17) is 0 Å². The van der Waals surface area contributed by atoms with Gasteiger partial charge in [-0.25, -0.2) is 9.97 Å². The van der Waals surface area contributed by atoms with Crippen molar-refractivity contribution in [3.05, 3.63) is 23.8 Å². The van der Waals surface area contributed by atoms with Crippen molar-refractivity contribution in [2.24, 2.45) is 0 Å². The summed E-state index contributed by atoms with van der Waals surface area (Å²) in [5, 5.41) is 0. The van der Waals surface area contributed by atoms with Crippen LogP contribution in [0.15, 0.2) is 12.4 Å². The fourth-order valence-electron chi connectivity index (χ4n) is 0.937. The van der Waals surface area contributed by atoms with Gasteiger partial charge in [0.15, 0.2) is 0 Å². The first-order chi connectivity index (χ1) is 6.01. The van der Waals surface area contributed by atoms with Gasteiger partial charge in [-0.15, -0.1) is 0 Å². The van der Waals surface area contributed by atoms with Gasteiger partial charge in [0, 0.05) is 18.8 Å². The molecule has 0 radical (unpaired) electrons. The van der Waals surface area contributed by atoms with E-state index in [1.807, 2.05) is 6.92 Å². The average molecular weight is 189 g/mol. The molecule has 0 N–H and O–H groups in total. The normalized spacial score (nSPS) is 11.7. The van der Waals surface area contributed by atoms with Crippen LogP contribution in [0.3, 0.4) is 0 Å². The van der Waals surface area contributed by atoms with Crippen molar-refractivity contribution in [1.29, 1.82) is 0 Å². The Morgan fingerprint density at radius 2 is 1.77 bits per heavy atom. The molecule has 1 rings (SSSR count). The monoisotopic (exact) mass is 189 g/mol. The number of aromatic nitrogens is 2. The van der Waals surface area contributed by atoms with Crippen molar-refractivity contribution < 1.29 is 12.9 Å². The SMILES string of the molecule is CCc1ncc(C[B-](F)(F)F)cn1. The lowest BCUT2D eigenvalue weighted by atomic mass is 9.83. The zero-order chi connectivity index (χ0) is 9.90. The predicted molar refractivity (Wildman–Crippen MR) is 44.2 cm³/mol. The van der Waals surface area contributed by atoms with E-state index in [9.17, 15) is 12.9 Å². The average Bonchev–Trinajstić information content (AvgIpc) is 2.03. The molecule has 2 nitrogen and oxygen atoms in total.